The molecule has 0 aliphatic rings. The summed E-state index contributed by atoms with van der Waals surface area (Å²) in [6.07, 6.45) is 0. The Morgan fingerprint density at radius 1 is 0.298 bits per heavy atom. The summed E-state index contributed by atoms with van der Waals surface area (Å²) in [5.74, 6) is 1.82. The van der Waals surface area contributed by atoms with Crippen molar-refractivity contribution in [2.45, 2.75) is 0 Å². The fourth-order valence-electron chi connectivity index (χ4n) is 8.31. The number of para-hydroxylation sites is 1. The highest BCUT2D eigenvalue weighted by molar-refractivity contribution is 6.16. The maximum atomic E-state index is 6.62. The zero-order chi connectivity index (χ0) is 37.5. The van der Waals surface area contributed by atoms with Crippen molar-refractivity contribution in [2.75, 3.05) is 0 Å². The fraction of sp³-hybridized carbons (Fsp3) is 0. The summed E-state index contributed by atoms with van der Waals surface area (Å²) in [4.78, 5) is 14.7. The molecule has 0 bridgehead atoms. The van der Waals surface area contributed by atoms with Crippen molar-refractivity contribution in [3.05, 3.63) is 182 Å². The van der Waals surface area contributed by atoms with E-state index in [0.717, 1.165) is 77.3 Å². The van der Waals surface area contributed by atoms with Crippen LogP contribution in [0.1, 0.15) is 0 Å². The lowest BCUT2D eigenvalue weighted by atomic mass is 10.0. The van der Waals surface area contributed by atoms with Crippen LogP contribution in [0.4, 0.5) is 0 Å². The SMILES string of the molecule is c1ccc(-c2ccc3c4ccccc4n(-c4ccc5c(c4)oc4cc6oc7cc(-c8nc(-c9ccccc9)nc(-c9ccccc9)n8)ccc7c6cc45)c3c2)cc1. The van der Waals surface area contributed by atoms with Crippen molar-refractivity contribution in [3.63, 3.8) is 0 Å². The maximum Gasteiger partial charge on any atom is 0.164 e. The van der Waals surface area contributed by atoms with Crippen molar-refractivity contribution < 1.29 is 8.83 Å². The van der Waals surface area contributed by atoms with Gasteiger partial charge >= 0.3 is 0 Å². The van der Waals surface area contributed by atoms with E-state index < -0.39 is 0 Å². The van der Waals surface area contributed by atoms with Gasteiger partial charge in [-0.1, -0.05) is 127 Å². The number of rotatable bonds is 5. The first-order valence-corrected chi connectivity index (χ1v) is 19.0. The topological polar surface area (TPSA) is 69.9 Å². The molecule has 0 spiro atoms. The standard InChI is InChI=1S/C51H30N4O2/c1-4-12-31(13-5-1)34-20-23-38-37-18-10-11-19-43(37)55(44(38)26-34)36-22-25-40-42-29-41-39-24-21-35(27-45(39)56-47(41)30-48(42)57-46(40)28-36)51-53-49(32-14-6-2-7-15-32)52-50(54-51)33-16-8-3-9-17-33/h1-30H. The van der Waals surface area contributed by atoms with Crippen LogP contribution >= 0.6 is 0 Å². The lowest BCUT2D eigenvalue weighted by Gasteiger charge is -2.09. The molecule has 0 unspecified atom stereocenters. The third-order valence-corrected chi connectivity index (χ3v) is 11.0. The van der Waals surface area contributed by atoms with E-state index in [1.165, 1.54) is 21.9 Å². The van der Waals surface area contributed by atoms with Crippen LogP contribution in [0.2, 0.25) is 0 Å². The van der Waals surface area contributed by atoms with E-state index in [2.05, 4.69) is 114 Å². The molecule has 0 fully saturated rings. The van der Waals surface area contributed by atoms with E-state index in [1.54, 1.807) is 0 Å². The van der Waals surface area contributed by atoms with Crippen LogP contribution in [0.5, 0.6) is 0 Å². The molecule has 266 valence electrons. The van der Waals surface area contributed by atoms with Crippen LogP contribution in [-0.4, -0.2) is 19.5 Å². The third kappa shape index (κ3) is 5.08. The van der Waals surface area contributed by atoms with Crippen molar-refractivity contribution in [1.29, 1.82) is 0 Å². The first kappa shape index (κ1) is 31.5. The lowest BCUT2D eigenvalue weighted by Crippen LogP contribution is -2.00. The number of nitrogens with zero attached hydrogens (tertiary/aromatic N) is 4. The van der Waals surface area contributed by atoms with Crippen molar-refractivity contribution in [3.8, 4) is 51.0 Å². The Bertz CT molecular complexity index is 3450. The molecule has 4 aromatic heterocycles. The highest BCUT2D eigenvalue weighted by atomic mass is 16.3. The zero-order valence-corrected chi connectivity index (χ0v) is 30.4. The first-order chi connectivity index (χ1) is 28.2. The first-order valence-electron chi connectivity index (χ1n) is 19.0. The number of fused-ring (bicyclic) bond motifs is 9. The van der Waals surface area contributed by atoms with Crippen LogP contribution in [0.3, 0.4) is 0 Å². The van der Waals surface area contributed by atoms with Gasteiger partial charge in [-0.3, -0.25) is 0 Å². The van der Waals surface area contributed by atoms with Gasteiger partial charge in [-0.25, -0.2) is 15.0 Å². The maximum absolute atomic E-state index is 6.62. The van der Waals surface area contributed by atoms with E-state index in [9.17, 15) is 0 Å². The predicted molar refractivity (Wildman–Crippen MR) is 230 cm³/mol. The van der Waals surface area contributed by atoms with Gasteiger partial charge in [-0.15, -0.1) is 0 Å². The van der Waals surface area contributed by atoms with Crippen LogP contribution in [0.15, 0.2) is 191 Å². The minimum atomic E-state index is 0.583. The van der Waals surface area contributed by atoms with E-state index in [0.29, 0.717) is 17.5 Å². The average molecular weight is 731 g/mol. The number of hydrogen-bond donors (Lipinski definition) is 0. The normalized spacial score (nSPS) is 11.9. The van der Waals surface area contributed by atoms with Gasteiger partial charge in [0.25, 0.3) is 0 Å². The molecule has 12 aromatic rings. The Hall–Kier alpha value is -7.83. The molecule has 0 N–H and O–H groups in total. The van der Waals surface area contributed by atoms with Crippen LogP contribution in [0, 0.1) is 0 Å². The van der Waals surface area contributed by atoms with E-state index >= 15 is 0 Å². The van der Waals surface area contributed by atoms with Gasteiger partial charge in [0.1, 0.15) is 22.3 Å². The summed E-state index contributed by atoms with van der Waals surface area (Å²) < 4.78 is 15.5. The molecule has 0 saturated heterocycles. The fourth-order valence-corrected chi connectivity index (χ4v) is 8.31. The Labute approximate surface area is 325 Å². The number of benzene rings is 8. The molecule has 57 heavy (non-hydrogen) atoms. The summed E-state index contributed by atoms with van der Waals surface area (Å²) in [5.41, 5.74) is 11.5. The summed E-state index contributed by atoms with van der Waals surface area (Å²) >= 11 is 0. The summed E-state index contributed by atoms with van der Waals surface area (Å²) in [6.45, 7) is 0. The van der Waals surface area contributed by atoms with Crippen molar-refractivity contribution in [2.24, 2.45) is 0 Å². The lowest BCUT2D eigenvalue weighted by molar-refractivity contribution is 0.656. The Morgan fingerprint density at radius 3 is 1.46 bits per heavy atom. The minimum absolute atomic E-state index is 0.583. The van der Waals surface area contributed by atoms with E-state index in [1.807, 2.05) is 72.8 Å². The molecule has 6 nitrogen and oxygen atoms in total. The average Bonchev–Trinajstić information content (AvgIpc) is 3.94. The smallest absolute Gasteiger partial charge is 0.164 e. The van der Waals surface area contributed by atoms with Gasteiger partial charge in [-0.05, 0) is 53.6 Å². The van der Waals surface area contributed by atoms with Gasteiger partial charge in [0.15, 0.2) is 17.5 Å². The second-order valence-corrected chi connectivity index (χ2v) is 14.4. The third-order valence-electron chi connectivity index (χ3n) is 11.0. The molecule has 8 aromatic carbocycles. The molecule has 4 heterocycles. The van der Waals surface area contributed by atoms with Crippen molar-refractivity contribution >= 4 is 65.7 Å². The van der Waals surface area contributed by atoms with Gasteiger partial charge < -0.3 is 13.4 Å². The number of hydrogen-bond acceptors (Lipinski definition) is 5. The van der Waals surface area contributed by atoms with Crippen LogP contribution in [-0.2, 0) is 0 Å². The van der Waals surface area contributed by atoms with E-state index in [-0.39, 0.29) is 0 Å². The Balaban J connectivity index is 0.970. The van der Waals surface area contributed by atoms with Gasteiger partial charge in [-0.2, -0.15) is 0 Å². The molecule has 0 aliphatic heterocycles. The second-order valence-electron chi connectivity index (χ2n) is 14.4. The minimum Gasteiger partial charge on any atom is -0.456 e. The molecule has 12 rings (SSSR count). The summed E-state index contributed by atoms with van der Waals surface area (Å²) in [7, 11) is 0. The van der Waals surface area contributed by atoms with Crippen LogP contribution in [0.25, 0.3) is 117 Å². The number of aromatic nitrogens is 4. The Morgan fingerprint density at radius 2 is 0.789 bits per heavy atom. The molecule has 6 heteroatoms. The predicted octanol–water partition coefficient (Wildman–Crippen LogP) is 13.4. The van der Waals surface area contributed by atoms with Gasteiger partial charge in [0.2, 0.25) is 0 Å². The zero-order valence-electron chi connectivity index (χ0n) is 30.4. The Kier molecular flexibility index (Phi) is 6.83. The second kappa shape index (κ2) is 12.3. The van der Waals surface area contributed by atoms with Gasteiger partial charge in [0.05, 0.1) is 11.0 Å². The summed E-state index contributed by atoms with van der Waals surface area (Å²) in [6, 6.07) is 62.8. The molecule has 0 saturated carbocycles. The number of furan rings is 2. The summed E-state index contributed by atoms with van der Waals surface area (Å²) in [5, 5.41) is 6.57. The highest BCUT2D eigenvalue weighted by Crippen LogP contribution is 2.40. The molecule has 0 radical (unpaired) electrons. The van der Waals surface area contributed by atoms with Crippen LogP contribution < -0.4 is 0 Å². The van der Waals surface area contributed by atoms with Gasteiger partial charge in [0, 0.05) is 66.8 Å². The molecule has 0 aliphatic carbocycles. The quantitative estimate of drug-likeness (QED) is 0.176. The molecule has 0 atom stereocenters. The van der Waals surface area contributed by atoms with E-state index in [4.69, 9.17) is 23.8 Å². The molecular weight excluding hydrogens is 701 g/mol. The highest BCUT2D eigenvalue weighted by Gasteiger charge is 2.19. The largest absolute Gasteiger partial charge is 0.456 e. The molecular formula is C51H30N4O2. The monoisotopic (exact) mass is 730 g/mol. The molecule has 0 amide bonds. The van der Waals surface area contributed by atoms with Crippen molar-refractivity contribution in [1.82, 2.24) is 19.5 Å².